The second-order valence-electron chi connectivity index (χ2n) is 6.10. The van der Waals surface area contributed by atoms with E-state index in [1.165, 1.54) is 16.7 Å². The predicted octanol–water partition coefficient (Wildman–Crippen LogP) is 3.95. The molecule has 0 aliphatic heterocycles. The molecule has 0 aliphatic rings. The van der Waals surface area contributed by atoms with Gasteiger partial charge in [-0.2, -0.15) is 5.10 Å². The van der Waals surface area contributed by atoms with E-state index in [1.54, 1.807) is 7.11 Å². The fourth-order valence-electron chi connectivity index (χ4n) is 2.87. The molecule has 0 unspecified atom stereocenters. The normalized spacial score (nSPS) is 12.0. The van der Waals surface area contributed by atoms with Gasteiger partial charge in [-0.1, -0.05) is 17.3 Å². The van der Waals surface area contributed by atoms with Gasteiger partial charge in [0, 0.05) is 13.5 Å². The molecular weight excluding hydrogens is 314 g/mol. The molecule has 0 aliphatic carbocycles. The molecule has 2 rings (SSSR count). The summed E-state index contributed by atoms with van der Waals surface area (Å²) in [5.41, 5.74) is 6.49. The number of aryl methyl sites for hydroxylation is 3. The van der Waals surface area contributed by atoms with Crippen molar-refractivity contribution in [1.29, 1.82) is 0 Å². The van der Waals surface area contributed by atoms with Crippen LogP contribution in [0.25, 0.3) is 0 Å². The zero-order valence-electron chi connectivity index (χ0n) is 16.0. The molecule has 5 nitrogen and oxygen atoms in total. The van der Waals surface area contributed by atoms with Crippen LogP contribution >= 0.6 is 0 Å². The summed E-state index contributed by atoms with van der Waals surface area (Å²) in [5, 5.41) is 8.61. The molecule has 1 aromatic carbocycles. The lowest BCUT2D eigenvalue weighted by molar-refractivity contribution is 0.213. The largest absolute Gasteiger partial charge is 0.490 e. The van der Waals surface area contributed by atoms with E-state index < -0.39 is 0 Å². The fourth-order valence-corrected chi connectivity index (χ4v) is 2.87. The Hall–Kier alpha value is -2.56. The average Bonchev–Trinajstić information content (AvgIpc) is 2.92. The first kappa shape index (κ1) is 18.8. The van der Waals surface area contributed by atoms with Gasteiger partial charge < -0.3 is 9.57 Å². The summed E-state index contributed by atoms with van der Waals surface area (Å²) in [5.74, 6) is 0.904. The van der Waals surface area contributed by atoms with Crippen LogP contribution in [0, 0.1) is 13.8 Å². The number of ether oxygens (including phenoxy) is 1. The highest BCUT2D eigenvalue weighted by Gasteiger charge is 2.12. The number of allylic oxidation sites excluding steroid dienone is 1. The van der Waals surface area contributed by atoms with Crippen molar-refractivity contribution in [3.05, 3.63) is 58.4 Å². The lowest BCUT2D eigenvalue weighted by Crippen LogP contribution is -2.04. The minimum atomic E-state index is 0.594. The molecular formula is C20H27N3O2. The maximum atomic E-state index is 5.76. The molecule has 25 heavy (non-hydrogen) atoms. The van der Waals surface area contributed by atoms with Gasteiger partial charge >= 0.3 is 0 Å². The van der Waals surface area contributed by atoms with E-state index >= 15 is 0 Å². The SMILES string of the molecule is C/C=C/COc1cc(C)c(Cc2cc(/C(C)=N/OC)n(C)n2)c(C)c1. The number of nitrogens with zero attached hydrogens (tertiary/aromatic N) is 3. The van der Waals surface area contributed by atoms with Gasteiger partial charge in [0.1, 0.15) is 25.2 Å². The summed E-state index contributed by atoms with van der Waals surface area (Å²) >= 11 is 0. The monoisotopic (exact) mass is 341 g/mol. The smallest absolute Gasteiger partial charge is 0.120 e. The van der Waals surface area contributed by atoms with E-state index in [9.17, 15) is 0 Å². The quantitative estimate of drug-likeness (QED) is 0.435. The van der Waals surface area contributed by atoms with Gasteiger partial charge in [-0.3, -0.25) is 4.68 Å². The molecule has 1 aromatic heterocycles. The van der Waals surface area contributed by atoms with Crippen molar-refractivity contribution in [1.82, 2.24) is 9.78 Å². The fraction of sp³-hybridized carbons (Fsp3) is 0.400. The second-order valence-corrected chi connectivity index (χ2v) is 6.10. The van der Waals surface area contributed by atoms with Gasteiger partial charge in [-0.25, -0.2) is 0 Å². The molecule has 0 radical (unpaired) electrons. The van der Waals surface area contributed by atoms with Gasteiger partial charge in [0.15, 0.2) is 0 Å². The summed E-state index contributed by atoms with van der Waals surface area (Å²) in [6, 6.07) is 6.24. The van der Waals surface area contributed by atoms with Crippen LogP contribution in [0.1, 0.15) is 41.9 Å². The highest BCUT2D eigenvalue weighted by Crippen LogP contribution is 2.24. The number of aromatic nitrogens is 2. The van der Waals surface area contributed by atoms with Crippen LogP contribution in [-0.2, 0) is 18.3 Å². The zero-order chi connectivity index (χ0) is 18.4. The number of oxime groups is 1. The zero-order valence-corrected chi connectivity index (χ0v) is 16.0. The molecule has 2 aromatic rings. The van der Waals surface area contributed by atoms with Gasteiger partial charge in [0.05, 0.1) is 11.4 Å². The second kappa shape index (κ2) is 8.51. The predicted molar refractivity (Wildman–Crippen MR) is 101 cm³/mol. The molecule has 0 N–H and O–H groups in total. The third-order valence-electron chi connectivity index (χ3n) is 4.14. The van der Waals surface area contributed by atoms with Crippen LogP contribution in [0.3, 0.4) is 0 Å². The lowest BCUT2D eigenvalue weighted by atomic mass is 9.98. The van der Waals surface area contributed by atoms with Gasteiger partial charge in [-0.05, 0) is 62.6 Å². The van der Waals surface area contributed by atoms with Crippen LogP contribution in [0.5, 0.6) is 5.75 Å². The molecule has 0 amide bonds. The van der Waals surface area contributed by atoms with E-state index in [0.717, 1.165) is 29.3 Å². The molecule has 5 heteroatoms. The first-order valence-corrected chi connectivity index (χ1v) is 8.41. The van der Waals surface area contributed by atoms with Crippen LogP contribution in [0.2, 0.25) is 0 Å². The van der Waals surface area contributed by atoms with Crippen LogP contribution in [-0.4, -0.2) is 29.2 Å². The van der Waals surface area contributed by atoms with Gasteiger partial charge in [0.2, 0.25) is 0 Å². The third kappa shape index (κ3) is 4.72. The Kier molecular flexibility index (Phi) is 6.39. The molecule has 0 fully saturated rings. The van der Waals surface area contributed by atoms with Crippen molar-refractivity contribution in [3.8, 4) is 5.75 Å². The minimum Gasteiger partial charge on any atom is -0.490 e. The standard InChI is InChI=1S/C20H27N3O2/c1-7-8-9-25-18-10-14(2)19(15(3)11-18)12-17-13-20(23(5)21-17)16(4)22-24-6/h7-8,10-11,13H,9,12H2,1-6H3/b8-7+,22-16+. The molecule has 0 saturated heterocycles. The van der Waals surface area contributed by atoms with Crippen molar-refractivity contribution in [3.63, 3.8) is 0 Å². The summed E-state index contributed by atoms with van der Waals surface area (Å²) in [7, 11) is 3.47. The minimum absolute atomic E-state index is 0.594. The molecule has 0 saturated carbocycles. The summed E-state index contributed by atoms with van der Waals surface area (Å²) in [4.78, 5) is 4.86. The topological polar surface area (TPSA) is 48.6 Å². The van der Waals surface area contributed by atoms with Crippen molar-refractivity contribution in [2.45, 2.75) is 34.1 Å². The Morgan fingerprint density at radius 2 is 1.92 bits per heavy atom. The Morgan fingerprint density at radius 3 is 2.52 bits per heavy atom. The van der Waals surface area contributed by atoms with Crippen molar-refractivity contribution in [2.75, 3.05) is 13.7 Å². The Balaban J connectivity index is 2.23. The maximum Gasteiger partial charge on any atom is 0.120 e. The van der Waals surface area contributed by atoms with Crippen molar-refractivity contribution >= 4 is 5.71 Å². The summed E-state index contributed by atoms with van der Waals surface area (Å²) in [6.45, 7) is 8.73. The van der Waals surface area contributed by atoms with Crippen LogP contribution < -0.4 is 4.74 Å². The first-order valence-electron chi connectivity index (χ1n) is 8.41. The molecule has 0 spiro atoms. The molecule has 0 bridgehead atoms. The van der Waals surface area contributed by atoms with E-state index in [1.807, 2.05) is 37.7 Å². The van der Waals surface area contributed by atoms with Gasteiger partial charge in [0.25, 0.3) is 0 Å². The molecule has 1 heterocycles. The van der Waals surface area contributed by atoms with E-state index in [0.29, 0.717) is 6.61 Å². The molecule has 134 valence electrons. The van der Waals surface area contributed by atoms with Crippen molar-refractivity contribution in [2.24, 2.45) is 12.2 Å². The number of rotatable bonds is 7. The third-order valence-corrected chi connectivity index (χ3v) is 4.14. The number of hydrogen-bond donors (Lipinski definition) is 0. The average molecular weight is 341 g/mol. The lowest BCUT2D eigenvalue weighted by Gasteiger charge is -2.12. The van der Waals surface area contributed by atoms with Gasteiger partial charge in [-0.15, -0.1) is 0 Å². The maximum absolute atomic E-state index is 5.76. The highest BCUT2D eigenvalue weighted by molar-refractivity contribution is 5.96. The summed E-state index contributed by atoms with van der Waals surface area (Å²) < 4.78 is 7.60. The van der Waals surface area contributed by atoms with E-state index in [-0.39, 0.29) is 0 Å². The first-order chi connectivity index (χ1) is 12.0. The Morgan fingerprint density at radius 1 is 1.24 bits per heavy atom. The van der Waals surface area contributed by atoms with E-state index in [4.69, 9.17) is 9.57 Å². The number of hydrogen-bond acceptors (Lipinski definition) is 4. The van der Waals surface area contributed by atoms with Crippen LogP contribution in [0.4, 0.5) is 0 Å². The van der Waals surface area contributed by atoms with E-state index in [2.05, 4.69) is 42.3 Å². The molecule has 0 atom stereocenters. The highest BCUT2D eigenvalue weighted by atomic mass is 16.6. The Labute approximate surface area is 149 Å². The number of benzene rings is 1. The van der Waals surface area contributed by atoms with Crippen LogP contribution in [0.15, 0.2) is 35.5 Å². The summed E-state index contributed by atoms with van der Waals surface area (Å²) in [6.07, 6.45) is 4.76. The Bertz CT molecular complexity index is 765. The van der Waals surface area contributed by atoms with Crippen molar-refractivity contribution < 1.29 is 9.57 Å².